The molecule has 24 heavy (non-hydrogen) atoms. The standard InChI is InChI=1S/C16H20ClN3O4/c1-3-23-15(21)11-20(8-9-22-2)10-14-18-16(19-24-14)12-4-6-13(17)7-5-12/h4-7H,3,8-11H2,1-2H3. The predicted molar refractivity (Wildman–Crippen MR) is 88.5 cm³/mol. The Morgan fingerprint density at radius 1 is 1.33 bits per heavy atom. The van der Waals surface area contributed by atoms with Crippen molar-refractivity contribution >= 4 is 17.6 Å². The summed E-state index contributed by atoms with van der Waals surface area (Å²) in [6.45, 7) is 3.62. The molecule has 0 bridgehead atoms. The third-order valence-corrected chi connectivity index (χ3v) is 3.45. The molecule has 0 aliphatic heterocycles. The SMILES string of the molecule is CCOC(=O)CN(CCOC)Cc1nc(-c2ccc(Cl)cc2)no1. The van der Waals surface area contributed by atoms with E-state index in [0.29, 0.717) is 43.0 Å². The van der Waals surface area contributed by atoms with Gasteiger partial charge in [-0.05, 0) is 31.2 Å². The number of carbonyl (C=O) groups excluding carboxylic acids is 1. The van der Waals surface area contributed by atoms with Gasteiger partial charge in [0.2, 0.25) is 11.7 Å². The molecule has 0 aliphatic carbocycles. The van der Waals surface area contributed by atoms with Crippen LogP contribution in [0.2, 0.25) is 5.02 Å². The second kappa shape index (κ2) is 9.36. The van der Waals surface area contributed by atoms with Crippen molar-refractivity contribution in [1.29, 1.82) is 0 Å². The Morgan fingerprint density at radius 3 is 2.75 bits per heavy atom. The fourth-order valence-corrected chi connectivity index (χ4v) is 2.18. The summed E-state index contributed by atoms with van der Waals surface area (Å²) in [7, 11) is 1.61. The van der Waals surface area contributed by atoms with Crippen LogP contribution in [0.1, 0.15) is 12.8 Å². The second-order valence-electron chi connectivity index (χ2n) is 5.03. The van der Waals surface area contributed by atoms with Gasteiger partial charge in [-0.3, -0.25) is 9.69 Å². The molecule has 0 spiro atoms. The van der Waals surface area contributed by atoms with Gasteiger partial charge in [0, 0.05) is 24.2 Å². The average molecular weight is 354 g/mol. The van der Waals surface area contributed by atoms with Crippen molar-refractivity contribution < 1.29 is 18.8 Å². The summed E-state index contributed by atoms with van der Waals surface area (Å²) < 4.78 is 15.3. The molecule has 0 aliphatic rings. The highest BCUT2D eigenvalue weighted by Crippen LogP contribution is 2.19. The highest BCUT2D eigenvalue weighted by atomic mass is 35.5. The molecule has 0 fully saturated rings. The molecule has 1 aromatic heterocycles. The van der Waals surface area contributed by atoms with Crippen LogP contribution in [0.3, 0.4) is 0 Å². The van der Waals surface area contributed by atoms with E-state index in [2.05, 4.69) is 10.1 Å². The summed E-state index contributed by atoms with van der Waals surface area (Å²) >= 11 is 5.87. The van der Waals surface area contributed by atoms with E-state index < -0.39 is 0 Å². The lowest BCUT2D eigenvalue weighted by molar-refractivity contribution is -0.144. The van der Waals surface area contributed by atoms with Crippen LogP contribution in [0.4, 0.5) is 0 Å². The minimum absolute atomic E-state index is 0.135. The van der Waals surface area contributed by atoms with Crippen LogP contribution in [0.15, 0.2) is 28.8 Å². The molecule has 7 nitrogen and oxygen atoms in total. The van der Waals surface area contributed by atoms with Crippen LogP contribution in [-0.2, 0) is 20.8 Å². The molecule has 0 amide bonds. The molecule has 1 aromatic carbocycles. The van der Waals surface area contributed by atoms with Gasteiger partial charge in [-0.25, -0.2) is 0 Å². The average Bonchev–Trinajstić information content (AvgIpc) is 3.02. The van der Waals surface area contributed by atoms with Crippen molar-refractivity contribution in [2.24, 2.45) is 0 Å². The van der Waals surface area contributed by atoms with E-state index >= 15 is 0 Å². The number of nitrogens with zero attached hydrogens (tertiary/aromatic N) is 3. The summed E-state index contributed by atoms with van der Waals surface area (Å²) in [5.74, 6) is 0.593. The second-order valence-corrected chi connectivity index (χ2v) is 5.46. The van der Waals surface area contributed by atoms with Gasteiger partial charge in [0.1, 0.15) is 0 Å². The largest absolute Gasteiger partial charge is 0.465 e. The number of rotatable bonds is 9. The third kappa shape index (κ3) is 5.59. The fraction of sp³-hybridized carbons (Fsp3) is 0.438. The zero-order valence-corrected chi connectivity index (χ0v) is 14.5. The van der Waals surface area contributed by atoms with E-state index in [-0.39, 0.29) is 12.5 Å². The van der Waals surface area contributed by atoms with Gasteiger partial charge in [-0.15, -0.1) is 0 Å². The number of aromatic nitrogens is 2. The fourth-order valence-electron chi connectivity index (χ4n) is 2.05. The summed E-state index contributed by atoms with van der Waals surface area (Å²) in [5, 5.41) is 4.60. The summed E-state index contributed by atoms with van der Waals surface area (Å²) in [6.07, 6.45) is 0. The zero-order chi connectivity index (χ0) is 17.4. The van der Waals surface area contributed by atoms with Gasteiger partial charge >= 0.3 is 5.97 Å². The normalized spacial score (nSPS) is 11.0. The molecule has 130 valence electrons. The van der Waals surface area contributed by atoms with Crippen molar-refractivity contribution in [2.45, 2.75) is 13.5 Å². The van der Waals surface area contributed by atoms with Crippen LogP contribution < -0.4 is 0 Å². The lowest BCUT2D eigenvalue weighted by Crippen LogP contribution is -2.33. The monoisotopic (exact) mass is 353 g/mol. The lowest BCUT2D eigenvalue weighted by atomic mass is 10.2. The summed E-state index contributed by atoms with van der Waals surface area (Å²) in [5.41, 5.74) is 0.809. The van der Waals surface area contributed by atoms with Gasteiger partial charge in [-0.2, -0.15) is 4.98 Å². The van der Waals surface area contributed by atoms with E-state index in [1.165, 1.54) is 0 Å². The molecular weight excluding hydrogens is 334 g/mol. The Bertz CT molecular complexity index is 645. The summed E-state index contributed by atoms with van der Waals surface area (Å²) in [4.78, 5) is 17.9. The van der Waals surface area contributed by atoms with Crippen LogP contribution in [-0.4, -0.2) is 54.4 Å². The molecule has 0 atom stereocenters. The van der Waals surface area contributed by atoms with Crippen molar-refractivity contribution in [2.75, 3.05) is 33.4 Å². The first-order valence-electron chi connectivity index (χ1n) is 7.57. The maximum absolute atomic E-state index is 11.7. The molecule has 0 N–H and O–H groups in total. The Hall–Kier alpha value is -1.96. The number of benzene rings is 1. The van der Waals surface area contributed by atoms with Crippen molar-refractivity contribution in [3.8, 4) is 11.4 Å². The first-order chi connectivity index (χ1) is 11.6. The highest BCUT2D eigenvalue weighted by molar-refractivity contribution is 6.30. The smallest absolute Gasteiger partial charge is 0.320 e. The zero-order valence-electron chi connectivity index (χ0n) is 13.7. The van der Waals surface area contributed by atoms with Crippen molar-refractivity contribution in [3.05, 3.63) is 35.2 Å². The maximum Gasteiger partial charge on any atom is 0.320 e. The topological polar surface area (TPSA) is 77.7 Å². The molecule has 0 saturated heterocycles. The molecule has 0 radical (unpaired) electrons. The molecule has 2 rings (SSSR count). The van der Waals surface area contributed by atoms with E-state index in [9.17, 15) is 4.79 Å². The van der Waals surface area contributed by atoms with Gasteiger partial charge in [0.15, 0.2) is 0 Å². The lowest BCUT2D eigenvalue weighted by Gasteiger charge is -2.18. The Labute approximate surface area is 145 Å². The number of halogens is 1. The first-order valence-corrected chi connectivity index (χ1v) is 7.95. The van der Waals surface area contributed by atoms with Crippen LogP contribution in [0.5, 0.6) is 0 Å². The number of methoxy groups -OCH3 is 1. The predicted octanol–water partition coefficient (Wildman–Crippen LogP) is 2.40. The summed E-state index contributed by atoms with van der Waals surface area (Å²) in [6, 6.07) is 7.16. The first kappa shape index (κ1) is 18.4. The Kier molecular flexibility index (Phi) is 7.17. The van der Waals surface area contributed by atoms with Crippen LogP contribution in [0.25, 0.3) is 11.4 Å². The van der Waals surface area contributed by atoms with Crippen LogP contribution in [0, 0.1) is 0 Å². The molecular formula is C16H20ClN3O4. The number of carbonyl (C=O) groups is 1. The number of hydrogen-bond donors (Lipinski definition) is 0. The molecule has 0 saturated carbocycles. The van der Waals surface area contributed by atoms with Gasteiger partial charge < -0.3 is 14.0 Å². The van der Waals surface area contributed by atoms with Gasteiger partial charge in [-0.1, -0.05) is 16.8 Å². The van der Waals surface area contributed by atoms with Gasteiger partial charge in [0.05, 0.1) is 26.3 Å². The number of ether oxygens (including phenoxy) is 2. The third-order valence-electron chi connectivity index (χ3n) is 3.20. The van der Waals surface area contributed by atoms with E-state index in [1.807, 2.05) is 17.0 Å². The maximum atomic E-state index is 11.7. The number of hydrogen-bond acceptors (Lipinski definition) is 7. The van der Waals surface area contributed by atoms with Gasteiger partial charge in [0.25, 0.3) is 0 Å². The van der Waals surface area contributed by atoms with Crippen molar-refractivity contribution in [3.63, 3.8) is 0 Å². The van der Waals surface area contributed by atoms with E-state index in [0.717, 1.165) is 5.56 Å². The molecule has 8 heteroatoms. The van der Waals surface area contributed by atoms with Crippen LogP contribution >= 0.6 is 11.6 Å². The molecule has 2 aromatic rings. The highest BCUT2D eigenvalue weighted by Gasteiger charge is 2.16. The molecule has 1 heterocycles. The quantitative estimate of drug-likeness (QED) is 0.640. The number of esters is 1. The van der Waals surface area contributed by atoms with Crippen molar-refractivity contribution in [1.82, 2.24) is 15.0 Å². The Morgan fingerprint density at radius 2 is 2.08 bits per heavy atom. The molecule has 0 unspecified atom stereocenters. The van der Waals surface area contributed by atoms with E-state index in [4.69, 9.17) is 25.6 Å². The Balaban J connectivity index is 2.03. The minimum atomic E-state index is -0.300. The minimum Gasteiger partial charge on any atom is -0.465 e. The van der Waals surface area contributed by atoms with E-state index in [1.54, 1.807) is 26.2 Å².